The fraction of sp³-hybridized carbons (Fsp3) is 0.273. The van der Waals surface area contributed by atoms with Crippen LogP contribution in [0.5, 0.6) is 0 Å². The lowest BCUT2D eigenvalue weighted by molar-refractivity contribution is 0.0702. The Kier molecular flexibility index (Phi) is 3.86. The Morgan fingerprint density at radius 2 is 2.47 bits per heavy atom. The molecule has 0 saturated carbocycles. The molecule has 2 rings (SSSR count). The Bertz CT molecular complexity index is 519. The van der Waals surface area contributed by atoms with Crippen molar-refractivity contribution in [3.8, 4) is 0 Å². The number of carboxylic acid groups (broad SMARTS) is 1. The second kappa shape index (κ2) is 5.37. The summed E-state index contributed by atoms with van der Waals surface area (Å²) in [6.07, 6.45) is 2.71. The monoisotopic (exact) mass is 268 g/mol. The van der Waals surface area contributed by atoms with Gasteiger partial charge in [0.05, 0.1) is 0 Å². The Morgan fingerprint density at radius 1 is 1.65 bits per heavy atom. The summed E-state index contributed by atoms with van der Waals surface area (Å²) in [6.45, 7) is 0. The Labute approximate surface area is 107 Å². The first-order valence-corrected chi connectivity index (χ1v) is 6.95. The summed E-state index contributed by atoms with van der Waals surface area (Å²) in [4.78, 5) is 12.1. The van der Waals surface area contributed by atoms with Crippen LogP contribution in [0, 0.1) is 0 Å². The van der Waals surface area contributed by atoms with E-state index in [9.17, 15) is 4.79 Å². The average molecular weight is 268 g/mol. The molecule has 0 unspecified atom stereocenters. The third-order valence-corrected chi connectivity index (χ3v) is 4.38. The van der Waals surface area contributed by atoms with Crippen LogP contribution in [0.25, 0.3) is 0 Å². The Hall–Kier alpha value is -1.27. The largest absolute Gasteiger partial charge is 0.477 e. The van der Waals surface area contributed by atoms with Gasteiger partial charge in [-0.1, -0.05) is 0 Å². The number of carboxylic acids is 1. The van der Waals surface area contributed by atoms with Gasteiger partial charge in [0.25, 0.3) is 0 Å². The smallest absolute Gasteiger partial charge is 0.345 e. The molecule has 4 nitrogen and oxygen atoms in total. The van der Waals surface area contributed by atoms with E-state index >= 15 is 0 Å². The lowest BCUT2D eigenvalue weighted by Crippen LogP contribution is -1.99. The summed E-state index contributed by atoms with van der Waals surface area (Å²) in [5, 5.41) is 14.8. The predicted molar refractivity (Wildman–Crippen MR) is 68.9 cm³/mol. The Balaban J connectivity index is 1.86. The van der Waals surface area contributed by atoms with Crippen LogP contribution in [0.1, 0.15) is 15.4 Å². The number of hydrogen-bond donors (Lipinski definition) is 1. The van der Waals surface area contributed by atoms with Crippen molar-refractivity contribution >= 4 is 29.1 Å². The summed E-state index contributed by atoms with van der Waals surface area (Å²) in [5.41, 5.74) is 1.19. The highest BCUT2D eigenvalue weighted by atomic mass is 32.2. The van der Waals surface area contributed by atoms with Crippen LogP contribution >= 0.6 is 23.1 Å². The molecule has 0 atom stereocenters. The minimum atomic E-state index is -0.853. The highest BCUT2D eigenvalue weighted by molar-refractivity contribution is 7.99. The number of aromatic nitrogens is 2. The molecule has 0 saturated heterocycles. The van der Waals surface area contributed by atoms with Crippen LogP contribution in [-0.2, 0) is 13.5 Å². The topological polar surface area (TPSA) is 55.1 Å². The highest BCUT2D eigenvalue weighted by Gasteiger charge is 2.07. The maximum atomic E-state index is 10.7. The molecular formula is C11H12N2O2S2. The van der Waals surface area contributed by atoms with Crippen molar-refractivity contribution in [2.45, 2.75) is 11.3 Å². The molecule has 2 aromatic heterocycles. The maximum Gasteiger partial charge on any atom is 0.345 e. The van der Waals surface area contributed by atoms with Gasteiger partial charge in [0, 0.05) is 35.0 Å². The number of hydrogen-bond acceptors (Lipinski definition) is 4. The number of aromatic carboxylic acids is 1. The number of thiophene rings is 1. The molecule has 6 heteroatoms. The summed E-state index contributed by atoms with van der Waals surface area (Å²) in [6, 6.07) is 3.72. The highest BCUT2D eigenvalue weighted by Crippen LogP contribution is 2.25. The molecule has 0 aromatic carbocycles. The van der Waals surface area contributed by atoms with Crippen molar-refractivity contribution in [1.29, 1.82) is 0 Å². The van der Waals surface area contributed by atoms with E-state index in [1.165, 1.54) is 17.0 Å². The first-order valence-electron chi connectivity index (χ1n) is 5.08. The zero-order chi connectivity index (χ0) is 12.3. The molecule has 0 amide bonds. The van der Waals surface area contributed by atoms with Crippen LogP contribution in [0.3, 0.4) is 0 Å². The van der Waals surface area contributed by atoms with E-state index in [-0.39, 0.29) is 0 Å². The SMILES string of the molecule is Cn1nccc1CCSc1csc(C(=O)O)c1. The molecule has 0 aliphatic rings. The van der Waals surface area contributed by atoms with Gasteiger partial charge >= 0.3 is 5.97 Å². The predicted octanol–water partition coefficient (Wildman–Crippen LogP) is 2.51. The summed E-state index contributed by atoms with van der Waals surface area (Å²) < 4.78 is 1.86. The summed E-state index contributed by atoms with van der Waals surface area (Å²) >= 11 is 2.94. The van der Waals surface area contributed by atoms with Crippen LogP contribution in [0.15, 0.2) is 28.6 Å². The van der Waals surface area contributed by atoms with Gasteiger partial charge in [-0.2, -0.15) is 5.10 Å². The maximum absolute atomic E-state index is 10.7. The van der Waals surface area contributed by atoms with Gasteiger partial charge in [0.2, 0.25) is 0 Å². The lowest BCUT2D eigenvalue weighted by Gasteiger charge is -2.00. The molecule has 0 aliphatic carbocycles. The molecule has 90 valence electrons. The first-order chi connectivity index (χ1) is 8.16. The van der Waals surface area contributed by atoms with Gasteiger partial charge in [0.1, 0.15) is 4.88 Å². The third-order valence-electron chi connectivity index (χ3n) is 2.34. The standard InChI is InChI=1S/C11H12N2O2S2/c1-13-8(2-4-12-13)3-5-16-9-6-10(11(14)15)17-7-9/h2,4,6-7H,3,5H2,1H3,(H,14,15). The van der Waals surface area contributed by atoms with E-state index < -0.39 is 5.97 Å². The summed E-state index contributed by atoms with van der Waals surface area (Å²) in [7, 11) is 1.92. The number of rotatable bonds is 5. The number of nitrogens with zero attached hydrogens (tertiary/aromatic N) is 2. The van der Waals surface area contributed by atoms with Gasteiger partial charge in [-0.3, -0.25) is 4.68 Å². The zero-order valence-corrected chi connectivity index (χ0v) is 10.9. The van der Waals surface area contributed by atoms with Gasteiger partial charge < -0.3 is 5.11 Å². The summed E-state index contributed by atoms with van der Waals surface area (Å²) in [5.74, 6) is 0.0727. The molecule has 2 heterocycles. The Morgan fingerprint density at radius 3 is 3.06 bits per heavy atom. The number of aryl methyl sites for hydroxylation is 2. The fourth-order valence-electron chi connectivity index (χ4n) is 1.43. The van der Waals surface area contributed by atoms with E-state index in [4.69, 9.17) is 5.11 Å². The van der Waals surface area contributed by atoms with Crippen LogP contribution in [-0.4, -0.2) is 26.6 Å². The van der Waals surface area contributed by atoms with Crippen molar-refractivity contribution in [2.75, 3.05) is 5.75 Å². The van der Waals surface area contributed by atoms with Crippen molar-refractivity contribution in [3.63, 3.8) is 0 Å². The minimum absolute atomic E-state index is 0.396. The third kappa shape index (κ3) is 3.10. The van der Waals surface area contributed by atoms with Crippen LogP contribution < -0.4 is 0 Å². The van der Waals surface area contributed by atoms with E-state index in [0.29, 0.717) is 4.88 Å². The van der Waals surface area contributed by atoms with Crippen LogP contribution in [0.2, 0.25) is 0 Å². The molecular weight excluding hydrogens is 256 g/mol. The average Bonchev–Trinajstić information content (AvgIpc) is 2.89. The molecule has 0 aliphatic heterocycles. The van der Waals surface area contributed by atoms with Crippen molar-refractivity contribution in [3.05, 3.63) is 34.3 Å². The zero-order valence-electron chi connectivity index (χ0n) is 9.29. The van der Waals surface area contributed by atoms with Gasteiger partial charge in [-0.05, 0) is 18.6 Å². The molecule has 0 spiro atoms. The van der Waals surface area contributed by atoms with E-state index in [1.807, 2.05) is 23.2 Å². The number of carbonyl (C=O) groups is 1. The molecule has 0 bridgehead atoms. The molecule has 1 N–H and O–H groups in total. The lowest BCUT2D eigenvalue weighted by atomic mass is 10.3. The molecule has 17 heavy (non-hydrogen) atoms. The van der Waals surface area contributed by atoms with Gasteiger partial charge in [-0.25, -0.2) is 4.79 Å². The first kappa shape index (κ1) is 12.2. The second-order valence-corrected chi connectivity index (χ2v) is 5.58. The van der Waals surface area contributed by atoms with Gasteiger partial charge in [0.15, 0.2) is 0 Å². The minimum Gasteiger partial charge on any atom is -0.477 e. The molecule has 0 fully saturated rings. The molecule has 0 radical (unpaired) electrons. The van der Waals surface area contributed by atoms with E-state index in [0.717, 1.165) is 17.1 Å². The second-order valence-electron chi connectivity index (χ2n) is 3.50. The molecule has 2 aromatic rings. The van der Waals surface area contributed by atoms with E-state index in [2.05, 4.69) is 5.10 Å². The van der Waals surface area contributed by atoms with Crippen molar-refractivity contribution < 1.29 is 9.90 Å². The fourth-order valence-corrected chi connectivity index (χ4v) is 3.27. The van der Waals surface area contributed by atoms with Crippen LogP contribution in [0.4, 0.5) is 0 Å². The normalized spacial score (nSPS) is 10.6. The van der Waals surface area contributed by atoms with Crippen molar-refractivity contribution in [2.24, 2.45) is 7.05 Å². The quantitative estimate of drug-likeness (QED) is 0.847. The van der Waals surface area contributed by atoms with Crippen molar-refractivity contribution in [1.82, 2.24) is 9.78 Å². The van der Waals surface area contributed by atoms with Gasteiger partial charge in [-0.15, -0.1) is 23.1 Å². The van der Waals surface area contributed by atoms with E-state index in [1.54, 1.807) is 24.0 Å². The number of thioether (sulfide) groups is 1.